The highest BCUT2D eigenvalue weighted by molar-refractivity contribution is 6.30. The van der Waals surface area contributed by atoms with Gasteiger partial charge in [0.2, 0.25) is 6.39 Å². The molecule has 12 heteroatoms. The normalized spacial score (nSPS) is 10.9. The molecule has 2 N–H and O–H groups in total. The van der Waals surface area contributed by atoms with Crippen molar-refractivity contribution in [3.05, 3.63) is 59.4 Å². The van der Waals surface area contributed by atoms with Gasteiger partial charge in [0.25, 0.3) is 5.89 Å². The predicted octanol–water partition coefficient (Wildman–Crippen LogP) is 4.71. The fraction of sp³-hybridized carbons (Fsp3) is 0.227. The minimum absolute atomic E-state index is 0.0494. The number of unbranched alkanes of at least 4 members (excludes halogenated alkanes) is 1. The lowest BCUT2D eigenvalue weighted by Gasteiger charge is -2.20. The van der Waals surface area contributed by atoms with E-state index in [-0.39, 0.29) is 18.3 Å². The molecule has 0 aliphatic carbocycles. The number of benzene rings is 1. The zero-order valence-electron chi connectivity index (χ0n) is 18.1. The molecule has 0 radical (unpaired) electrons. The molecule has 1 aromatic carbocycles. The zero-order valence-corrected chi connectivity index (χ0v) is 18.9. The first-order chi connectivity index (χ1) is 16.5. The Balaban J connectivity index is 1.75. The first-order valence-electron chi connectivity index (χ1n) is 10.4. The molecule has 3 heterocycles. The van der Waals surface area contributed by atoms with Gasteiger partial charge in [0.15, 0.2) is 5.82 Å². The molecule has 0 aliphatic rings. The maximum Gasteiger partial charge on any atom is 0.435 e. The van der Waals surface area contributed by atoms with Crippen LogP contribution in [0, 0.1) is 0 Å². The Morgan fingerprint density at radius 3 is 2.82 bits per heavy atom. The SMILES string of the molecule is CCCCOC(=O)N(NC(=O)O)c1ccc2c(cc(-c3nnco3)n2Cc2cccc(Cl)c2)n1. The first kappa shape index (κ1) is 23.1. The van der Waals surface area contributed by atoms with E-state index in [0.717, 1.165) is 17.0 Å². The summed E-state index contributed by atoms with van der Waals surface area (Å²) in [5.41, 5.74) is 4.74. The number of ether oxygens (including phenoxy) is 1. The van der Waals surface area contributed by atoms with Crippen molar-refractivity contribution in [1.82, 2.24) is 25.2 Å². The summed E-state index contributed by atoms with van der Waals surface area (Å²) in [6.07, 6.45) is 0.389. The van der Waals surface area contributed by atoms with Crippen molar-refractivity contribution in [3.8, 4) is 11.6 Å². The van der Waals surface area contributed by atoms with Gasteiger partial charge in [-0.1, -0.05) is 37.1 Å². The highest BCUT2D eigenvalue weighted by Crippen LogP contribution is 2.29. The van der Waals surface area contributed by atoms with Crippen LogP contribution in [-0.2, 0) is 11.3 Å². The van der Waals surface area contributed by atoms with Crippen molar-refractivity contribution >= 4 is 40.6 Å². The van der Waals surface area contributed by atoms with E-state index < -0.39 is 12.2 Å². The van der Waals surface area contributed by atoms with Crippen LogP contribution in [0.4, 0.5) is 15.4 Å². The van der Waals surface area contributed by atoms with Crippen LogP contribution < -0.4 is 10.4 Å². The van der Waals surface area contributed by atoms with E-state index in [1.54, 1.807) is 18.2 Å². The summed E-state index contributed by atoms with van der Waals surface area (Å²) in [6, 6.07) is 12.4. The lowest BCUT2D eigenvalue weighted by Crippen LogP contribution is -2.46. The minimum Gasteiger partial charge on any atom is -0.464 e. The Morgan fingerprint density at radius 1 is 1.26 bits per heavy atom. The Bertz CT molecular complexity index is 1310. The summed E-state index contributed by atoms with van der Waals surface area (Å²) in [6.45, 7) is 2.54. The number of aromatic nitrogens is 4. The first-order valence-corrected chi connectivity index (χ1v) is 10.8. The van der Waals surface area contributed by atoms with E-state index >= 15 is 0 Å². The average Bonchev–Trinajstić information content (AvgIpc) is 3.45. The molecule has 176 valence electrons. The standard InChI is InChI=1S/C22H21ClN6O5/c1-2-3-9-33-22(32)29(27-21(30)31)19-8-7-17-16(25-19)11-18(20-26-24-13-34-20)28(17)12-14-5-4-6-15(23)10-14/h4-8,10-11,13,27H,2-3,9,12H2,1H3,(H,30,31). The third kappa shape index (κ3) is 5.09. The molecule has 4 rings (SSSR count). The molecule has 0 saturated heterocycles. The van der Waals surface area contributed by atoms with E-state index in [1.165, 1.54) is 12.5 Å². The second-order valence-corrected chi connectivity index (χ2v) is 7.72. The summed E-state index contributed by atoms with van der Waals surface area (Å²) in [5.74, 6) is 0.328. The maximum atomic E-state index is 12.5. The second-order valence-electron chi connectivity index (χ2n) is 7.28. The van der Waals surface area contributed by atoms with Crippen molar-refractivity contribution in [2.75, 3.05) is 11.6 Å². The Kier molecular flexibility index (Phi) is 6.93. The number of anilines is 1. The topological polar surface area (TPSA) is 136 Å². The Hall–Kier alpha value is -4.12. The van der Waals surface area contributed by atoms with Crippen LogP contribution in [0.15, 0.2) is 53.3 Å². The number of halogens is 1. The van der Waals surface area contributed by atoms with Crippen LogP contribution in [0.5, 0.6) is 0 Å². The predicted molar refractivity (Wildman–Crippen MR) is 123 cm³/mol. The summed E-state index contributed by atoms with van der Waals surface area (Å²) < 4.78 is 12.5. The van der Waals surface area contributed by atoms with Crippen molar-refractivity contribution in [3.63, 3.8) is 0 Å². The molecule has 0 unspecified atom stereocenters. The number of hydrogen-bond donors (Lipinski definition) is 2. The molecule has 0 fully saturated rings. The zero-order chi connectivity index (χ0) is 24.1. The molecule has 0 saturated carbocycles. The van der Waals surface area contributed by atoms with Gasteiger partial charge in [0, 0.05) is 11.6 Å². The number of fused-ring (bicyclic) bond motifs is 1. The van der Waals surface area contributed by atoms with Crippen LogP contribution in [0.1, 0.15) is 25.3 Å². The number of carboxylic acid groups (broad SMARTS) is 1. The summed E-state index contributed by atoms with van der Waals surface area (Å²) >= 11 is 6.15. The minimum atomic E-state index is -1.43. The van der Waals surface area contributed by atoms with Gasteiger partial charge in [-0.05, 0) is 42.3 Å². The Morgan fingerprint density at radius 2 is 2.12 bits per heavy atom. The van der Waals surface area contributed by atoms with Gasteiger partial charge < -0.3 is 18.8 Å². The number of pyridine rings is 1. The Labute approximate surface area is 198 Å². The number of nitrogens with one attached hydrogen (secondary N) is 1. The van der Waals surface area contributed by atoms with E-state index in [0.29, 0.717) is 34.7 Å². The number of hydrogen-bond acceptors (Lipinski definition) is 7. The number of amides is 2. The lowest BCUT2D eigenvalue weighted by atomic mass is 10.2. The van der Waals surface area contributed by atoms with E-state index in [4.69, 9.17) is 20.8 Å². The summed E-state index contributed by atoms with van der Waals surface area (Å²) in [7, 11) is 0. The van der Waals surface area contributed by atoms with Gasteiger partial charge in [-0.3, -0.25) is 0 Å². The molecule has 0 atom stereocenters. The smallest absolute Gasteiger partial charge is 0.435 e. The highest BCUT2D eigenvalue weighted by atomic mass is 35.5. The van der Waals surface area contributed by atoms with Gasteiger partial charge in [0.1, 0.15) is 5.69 Å². The number of rotatable bonds is 7. The number of carbonyl (C=O) groups excluding carboxylic acids is 1. The van der Waals surface area contributed by atoms with Crippen LogP contribution in [-0.4, -0.2) is 43.6 Å². The largest absolute Gasteiger partial charge is 0.464 e. The molecular weight excluding hydrogens is 464 g/mol. The van der Waals surface area contributed by atoms with Crippen molar-refractivity contribution < 1.29 is 23.8 Å². The average molecular weight is 485 g/mol. The van der Waals surface area contributed by atoms with Crippen LogP contribution in [0.3, 0.4) is 0 Å². The fourth-order valence-corrected chi connectivity index (χ4v) is 3.58. The quantitative estimate of drug-likeness (QED) is 0.284. The van der Waals surface area contributed by atoms with Crippen molar-refractivity contribution in [1.29, 1.82) is 0 Å². The van der Waals surface area contributed by atoms with Gasteiger partial charge in [-0.2, -0.15) is 5.01 Å². The molecule has 2 amide bonds. The van der Waals surface area contributed by atoms with E-state index in [2.05, 4.69) is 15.2 Å². The number of nitrogens with zero attached hydrogens (tertiary/aromatic N) is 5. The van der Waals surface area contributed by atoms with E-state index in [9.17, 15) is 14.7 Å². The van der Waals surface area contributed by atoms with Crippen LogP contribution >= 0.6 is 11.6 Å². The highest BCUT2D eigenvalue weighted by Gasteiger charge is 2.23. The monoisotopic (exact) mass is 484 g/mol. The molecule has 0 spiro atoms. The van der Waals surface area contributed by atoms with Gasteiger partial charge >= 0.3 is 12.2 Å². The second kappa shape index (κ2) is 10.2. The number of hydrazine groups is 1. The van der Waals surface area contributed by atoms with E-state index in [1.807, 2.05) is 35.1 Å². The lowest BCUT2D eigenvalue weighted by molar-refractivity contribution is 0.145. The third-order valence-corrected chi connectivity index (χ3v) is 5.13. The summed E-state index contributed by atoms with van der Waals surface area (Å²) in [4.78, 5) is 28.3. The molecular formula is C22H21ClN6O5. The van der Waals surface area contributed by atoms with Gasteiger partial charge in [-0.15, -0.1) is 10.2 Å². The molecule has 4 aromatic rings. The van der Waals surface area contributed by atoms with Crippen LogP contribution in [0.2, 0.25) is 5.02 Å². The van der Waals surface area contributed by atoms with Gasteiger partial charge in [-0.25, -0.2) is 20.0 Å². The van der Waals surface area contributed by atoms with Crippen LogP contribution in [0.25, 0.3) is 22.6 Å². The van der Waals surface area contributed by atoms with Gasteiger partial charge in [0.05, 0.1) is 17.6 Å². The van der Waals surface area contributed by atoms with Crippen molar-refractivity contribution in [2.45, 2.75) is 26.3 Å². The molecule has 0 bridgehead atoms. The third-order valence-electron chi connectivity index (χ3n) is 4.89. The maximum absolute atomic E-state index is 12.5. The number of carbonyl (C=O) groups is 2. The molecule has 0 aliphatic heterocycles. The molecule has 34 heavy (non-hydrogen) atoms. The molecule has 11 nitrogen and oxygen atoms in total. The molecule has 3 aromatic heterocycles. The fourth-order valence-electron chi connectivity index (χ4n) is 3.36. The summed E-state index contributed by atoms with van der Waals surface area (Å²) in [5, 5.41) is 18.3. The van der Waals surface area contributed by atoms with Crippen molar-refractivity contribution in [2.24, 2.45) is 0 Å².